The Hall–Kier alpha value is -2.41. The third-order valence-electron chi connectivity index (χ3n) is 5.22. The summed E-state index contributed by atoms with van der Waals surface area (Å²) in [4.78, 5) is 23.3. The zero-order valence-electron chi connectivity index (χ0n) is 15.7. The van der Waals surface area contributed by atoms with Crippen molar-refractivity contribution in [2.45, 2.75) is 6.92 Å². The van der Waals surface area contributed by atoms with Gasteiger partial charge in [0.25, 0.3) is 0 Å². The standard InChI is InChI=1S/C19H27N7/c1-16-21-18(25-9-7-23(2)8-10-25)15-19(22-16)26-13-11-24(12-14-26)17-5-3-4-6-20-17/h3-6,15H,7-14H2,1-2H3. The molecule has 0 radical (unpaired) electrons. The fraction of sp³-hybridized carbons (Fsp3) is 0.526. The molecule has 2 aliphatic rings. The van der Waals surface area contributed by atoms with Gasteiger partial charge >= 0.3 is 0 Å². The molecule has 2 saturated heterocycles. The first-order valence-electron chi connectivity index (χ1n) is 9.39. The molecule has 7 nitrogen and oxygen atoms in total. The van der Waals surface area contributed by atoms with Gasteiger partial charge in [0.05, 0.1) is 0 Å². The van der Waals surface area contributed by atoms with Gasteiger partial charge in [-0.05, 0) is 26.1 Å². The van der Waals surface area contributed by atoms with Gasteiger partial charge in [0.15, 0.2) is 0 Å². The Labute approximate surface area is 155 Å². The number of likely N-dealkylation sites (N-methyl/N-ethyl adjacent to an activating group) is 1. The van der Waals surface area contributed by atoms with E-state index in [1.54, 1.807) is 0 Å². The number of hydrogen-bond acceptors (Lipinski definition) is 7. The molecule has 4 rings (SSSR count). The molecule has 2 aliphatic heterocycles. The summed E-state index contributed by atoms with van der Waals surface area (Å²) in [6.45, 7) is 10.0. The van der Waals surface area contributed by atoms with E-state index in [9.17, 15) is 0 Å². The molecule has 7 heteroatoms. The molecule has 0 aromatic carbocycles. The zero-order chi connectivity index (χ0) is 17.9. The molecule has 2 fully saturated rings. The van der Waals surface area contributed by atoms with E-state index in [-0.39, 0.29) is 0 Å². The van der Waals surface area contributed by atoms with Gasteiger partial charge in [-0.25, -0.2) is 15.0 Å². The van der Waals surface area contributed by atoms with Crippen molar-refractivity contribution < 1.29 is 0 Å². The average Bonchev–Trinajstić information content (AvgIpc) is 2.69. The van der Waals surface area contributed by atoms with Crippen molar-refractivity contribution in [3.8, 4) is 0 Å². The minimum Gasteiger partial charge on any atom is -0.354 e. The Morgan fingerprint density at radius 2 is 1.27 bits per heavy atom. The second-order valence-corrected chi connectivity index (χ2v) is 7.08. The molecule has 0 atom stereocenters. The van der Waals surface area contributed by atoms with Crippen LogP contribution in [-0.2, 0) is 0 Å². The highest BCUT2D eigenvalue weighted by atomic mass is 15.3. The summed E-state index contributed by atoms with van der Waals surface area (Å²) < 4.78 is 0. The minimum absolute atomic E-state index is 0.851. The molecule has 0 unspecified atom stereocenters. The number of hydrogen-bond donors (Lipinski definition) is 0. The van der Waals surface area contributed by atoms with Crippen molar-refractivity contribution in [2.24, 2.45) is 0 Å². The summed E-state index contributed by atoms with van der Waals surface area (Å²) in [7, 11) is 2.18. The molecule has 2 aromatic heterocycles. The van der Waals surface area contributed by atoms with Crippen LogP contribution in [0.1, 0.15) is 5.82 Å². The maximum Gasteiger partial charge on any atom is 0.134 e. The molecule has 138 valence electrons. The van der Waals surface area contributed by atoms with Crippen LogP contribution in [0.25, 0.3) is 0 Å². The van der Waals surface area contributed by atoms with Crippen molar-refractivity contribution in [3.63, 3.8) is 0 Å². The number of aryl methyl sites for hydroxylation is 1. The molecule has 0 N–H and O–H groups in total. The Bertz CT molecular complexity index is 720. The van der Waals surface area contributed by atoms with Gasteiger partial charge in [-0.2, -0.15) is 0 Å². The maximum atomic E-state index is 4.71. The average molecular weight is 353 g/mol. The summed E-state index contributed by atoms with van der Waals surface area (Å²) in [5.41, 5.74) is 0. The first-order chi connectivity index (χ1) is 12.7. The number of aromatic nitrogens is 3. The number of piperazine rings is 2. The third-order valence-corrected chi connectivity index (χ3v) is 5.22. The number of pyridine rings is 1. The van der Waals surface area contributed by atoms with Crippen LogP contribution in [0.5, 0.6) is 0 Å². The highest BCUT2D eigenvalue weighted by Crippen LogP contribution is 2.22. The van der Waals surface area contributed by atoms with Gasteiger partial charge in [-0.3, -0.25) is 0 Å². The SMILES string of the molecule is Cc1nc(N2CCN(C)CC2)cc(N2CCN(c3ccccn3)CC2)n1. The number of rotatable bonds is 3. The maximum absolute atomic E-state index is 4.71. The van der Waals surface area contributed by atoms with Crippen molar-refractivity contribution >= 4 is 17.5 Å². The van der Waals surface area contributed by atoms with Crippen LogP contribution < -0.4 is 14.7 Å². The fourth-order valence-corrected chi connectivity index (χ4v) is 3.60. The lowest BCUT2D eigenvalue weighted by Gasteiger charge is -2.37. The highest BCUT2D eigenvalue weighted by molar-refractivity contribution is 5.52. The number of anilines is 3. The summed E-state index contributed by atoms with van der Waals surface area (Å²) in [5.74, 6) is 4.02. The van der Waals surface area contributed by atoms with Crippen molar-refractivity contribution in [3.05, 3.63) is 36.3 Å². The van der Waals surface area contributed by atoms with E-state index in [0.717, 1.165) is 75.6 Å². The minimum atomic E-state index is 0.851. The van der Waals surface area contributed by atoms with Crippen molar-refractivity contribution in [1.82, 2.24) is 19.9 Å². The van der Waals surface area contributed by atoms with E-state index < -0.39 is 0 Å². The summed E-state index contributed by atoms with van der Waals surface area (Å²) in [6.07, 6.45) is 1.86. The van der Waals surface area contributed by atoms with Crippen LogP contribution in [0.2, 0.25) is 0 Å². The van der Waals surface area contributed by atoms with Crippen LogP contribution in [0, 0.1) is 6.92 Å². The molecule has 0 spiro atoms. The molecule has 0 bridgehead atoms. The quantitative estimate of drug-likeness (QED) is 0.823. The molecule has 0 aliphatic carbocycles. The first kappa shape index (κ1) is 17.0. The van der Waals surface area contributed by atoms with Crippen LogP contribution >= 0.6 is 0 Å². The largest absolute Gasteiger partial charge is 0.354 e. The second kappa shape index (κ2) is 7.45. The molecule has 2 aromatic rings. The van der Waals surface area contributed by atoms with Gasteiger partial charge in [0, 0.05) is 64.6 Å². The normalized spacial score (nSPS) is 19.1. The van der Waals surface area contributed by atoms with Crippen LogP contribution in [0.4, 0.5) is 17.5 Å². The fourth-order valence-electron chi connectivity index (χ4n) is 3.60. The Kier molecular flexibility index (Phi) is 4.88. The monoisotopic (exact) mass is 353 g/mol. The van der Waals surface area contributed by atoms with Gasteiger partial charge in [0.1, 0.15) is 23.3 Å². The van der Waals surface area contributed by atoms with Gasteiger partial charge in [0.2, 0.25) is 0 Å². The highest BCUT2D eigenvalue weighted by Gasteiger charge is 2.22. The Morgan fingerprint density at radius 3 is 1.81 bits per heavy atom. The van der Waals surface area contributed by atoms with E-state index in [0.29, 0.717) is 0 Å². The van der Waals surface area contributed by atoms with E-state index in [1.807, 2.05) is 25.3 Å². The molecule has 26 heavy (non-hydrogen) atoms. The summed E-state index contributed by atoms with van der Waals surface area (Å²) in [5, 5.41) is 0. The van der Waals surface area contributed by atoms with Crippen LogP contribution in [0.3, 0.4) is 0 Å². The van der Waals surface area contributed by atoms with Crippen molar-refractivity contribution in [1.29, 1.82) is 0 Å². The lowest BCUT2D eigenvalue weighted by molar-refractivity contribution is 0.312. The molecule has 4 heterocycles. The number of nitrogens with zero attached hydrogens (tertiary/aromatic N) is 7. The zero-order valence-corrected chi connectivity index (χ0v) is 15.7. The topological polar surface area (TPSA) is 51.6 Å². The summed E-state index contributed by atoms with van der Waals surface area (Å²) >= 11 is 0. The molecule has 0 amide bonds. The van der Waals surface area contributed by atoms with E-state index >= 15 is 0 Å². The smallest absolute Gasteiger partial charge is 0.134 e. The lowest BCUT2D eigenvalue weighted by Crippen LogP contribution is -2.47. The predicted molar refractivity (Wildman–Crippen MR) is 105 cm³/mol. The van der Waals surface area contributed by atoms with Gasteiger partial charge in [-0.15, -0.1) is 0 Å². The lowest BCUT2D eigenvalue weighted by atomic mass is 10.3. The van der Waals surface area contributed by atoms with Gasteiger partial charge < -0.3 is 19.6 Å². The summed E-state index contributed by atoms with van der Waals surface area (Å²) in [6, 6.07) is 8.25. The van der Waals surface area contributed by atoms with Crippen LogP contribution in [-0.4, -0.2) is 79.3 Å². The van der Waals surface area contributed by atoms with Crippen molar-refractivity contribution in [2.75, 3.05) is 74.1 Å². The molecular weight excluding hydrogens is 326 g/mol. The molecule has 0 saturated carbocycles. The van der Waals surface area contributed by atoms with E-state index in [4.69, 9.17) is 4.98 Å². The second-order valence-electron chi connectivity index (χ2n) is 7.08. The Balaban J connectivity index is 1.45. The van der Waals surface area contributed by atoms with E-state index in [1.165, 1.54) is 0 Å². The predicted octanol–water partition coefficient (Wildman–Crippen LogP) is 1.26. The van der Waals surface area contributed by atoms with Crippen LogP contribution in [0.15, 0.2) is 30.5 Å². The third kappa shape index (κ3) is 3.72. The molecular formula is C19H27N7. The Morgan fingerprint density at radius 1 is 0.731 bits per heavy atom. The van der Waals surface area contributed by atoms with E-state index in [2.05, 4.69) is 48.7 Å². The first-order valence-corrected chi connectivity index (χ1v) is 9.39. The van der Waals surface area contributed by atoms with Gasteiger partial charge in [-0.1, -0.05) is 6.07 Å².